The van der Waals surface area contributed by atoms with Crippen LogP contribution in [-0.2, 0) is 27.9 Å². The van der Waals surface area contributed by atoms with Gasteiger partial charge in [-0.2, -0.15) is 0 Å². The van der Waals surface area contributed by atoms with Gasteiger partial charge in [0, 0.05) is 12.8 Å². The quantitative estimate of drug-likeness (QED) is 0.0205. The number of nitrogens with one attached hydrogen (secondary N) is 1. The Morgan fingerprint density at radius 1 is 0.486 bits per heavy atom. The van der Waals surface area contributed by atoms with Gasteiger partial charge in [0.25, 0.3) is 0 Å². The first-order valence-corrected chi connectivity index (χ1v) is 32.0. The van der Waals surface area contributed by atoms with Crippen molar-refractivity contribution in [1.82, 2.24) is 5.32 Å². The molecule has 0 aromatic carbocycles. The molecule has 1 amide bonds. The number of phosphoric acid groups is 1. The Hall–Kier alpha value is -2.03. The first-order valence-electron chi connectivity index (χ1n) is 30.5. The van der Waals surface area contributed by atoms with Gasteiger partial charge in [0.05, 0.1) is 33.8 Å². The lowest BCUT2D eigenvalue weighted by Crippen LogP contribution is -2.47. The van der Waals surface area contributed by atoms with Gasteiger partial charge in [-0.25, -0.2) is 4.57 Å². The number of unbranched alkanes of at least 4 members (excludes halogenated alkanes) is 33. The Balaban J connectivity index is 5.29. The third-order valence-corrected chi connectivity index (χ3v) is 14.5. The Labute approximate surface area is 446 Å². The van der Waals surface area contributed by atoms with Crippen molar-refractivity contribution >= 4 is 19.7 Å². The molecule has 422 valence electrons. The first-order chi connectivity index (χ1) is 34.9. The van der Waals surface area contributed by atoms with Crippen LogP contribution in [0.25, 0.3) is 0 Å². The van der Waals surface area contributed by atoms with Crippen molar-refractivity contribution in [3.63, 3.8) is 0 Å². The van der Waals surface area contributed by atoms with Crippen LogP contribution in [0, 0.1) is 0 Å². The second-order valence-corrected chi connectivity index (χ2v) is 23.3. The van der Waals surface area contributed by atoms with Crippen molar-refractivity contribution in [2.75, 3.05) is 40.9 Å². The molecule has 0 fully saturated rings. The summed E-state index contributed by atoms with van der Waals surface area (Å²) in [5, 5.41) is 3.05. The number of hydrogen-bond donors (Lipinski definition) is 2. The fraction of sp³-hybridized carbons (Fsp3) is 0.839. The number of rotatable bonds is 55. The first kappa shape index (κ1) is 70.0. The molecule has 0 aliphatic heterocycles. The summed E-state index contributed by atoms with van der Waals surface area (Å²) >= 11 is 0. The van der Waals surface area contributed by atoms with Crippen LogP contribution in [0.3, 0.4) is 0 Å². The monoisotopic (exact) mass is 1030 g/mol. The van der Waals surface area contributed by atoms with Crippen LogP contribution in [-0.4, -0.2) is 74.3 Å². The number of hydrogen-bond acceptors (Lipinski definition) is 6. The smallest absolute Gasteiger partial charge is 0.456 e. The van der Waals surface area contributed by atoms with Crippen LogP contribution in [0.1, 0.15) is 284 Å². The van der Waals surface area contributed by atoms with E-state index in [0.29, 0.717) is 17.4 Å². The minimum absolute atomic E-state index is 0.0390. The number of carbonyl (C=O) groups excluding carboxylic acids is 2. The predicted molar refractivity (Wildman–Crippen MR) is 309 cm³/mol. The third kappa shape index (κ3) is 52.8. The summed E-state index contributed by atoms with van der Waals surface area (Å²) in [6, 6.07) is -0.850. The second-order valence-electron chi connectivity index (χ2n) is 21.9. The van der Waals surface area contributed by atoms with Crippen LogP contribution in [0.4, 0.5) is 0 Å². The number of phosphoric ester groups is 1. The summed E-state index contributed by atoms with van der Waals surface area (Å²) in [4.78, 5) is 37.7. The normalized spacial score (nSPS) is 14.0. The van der Waals surface area contributed by atoms with Crippen molar-refractivity contribution in [3.05, 3.63) is 48.6 Å². The molecule has 0 heterocycles. The van der Waals surface area contributed by atoms with E-state index in [1.165, 1.54) is 167 Å². The van der Waals surface area contributed by atoms with E-state index in [9.17, 15) is 19.0 Å². The number of allylic oxidation sites excluding steroid dienone is 7. The number of esters is 1. The summed E-state index contributed by atoms with van der Waals surface area (Å²) in [5.74, 6) is -0.510. The fourth-order valence-electron chi connectivity index (χ4n) is 8.77. The zero-order chi connectivity index (χ0) is 52.9. The van der Waals surface area contributed by atoms with Gasteiger partial charge in [-0.1, -0.05) is 250 Å². The van der Waals surface area contributed by atoms with Crippen LogP contribution in [0.5, 0.6) is 0 Å². The molecule has 0 saturated carbocycles. The Morgan fingerprint density at radius 3 is 1.29 bits per heavy atom. The summed E-state index contributed by atoms with van der Waals surface area (Å²) in [6.45, 7) is 7.00. The van der Waals surface area contributed by atoms with Gasteiger partial charge in [-0.15, -0.1) is 0 Å². The van der Waals surface area contributed by atoms with Crippen LogP contribution in [0.15, 0.2) is 48.6 Å². The lowest BCUT2D eigenvalue weighted by atomic mass is 10.0. The largest absolute Gasteiger partial charge is 0.472 e. The Kier molecular flexibility index (Phi) is 50.9. The van der Waals surface area contributed by atoms with Crippen LogP contribution in [0.2, 0.25) is 0 Å². The van der Waals surface area contributed by atoms with Crippen molar-refractivity contribution in [2.45, 2.75) is 296 Å². The van der Waals surface area contributed by atoms with Gasteiger partial charge in [0.15, 0.2) is 0 Å². The zero-order valence-corrected chi connectivity index (χ0v) is 49.1. The third-order valence-electron chi connectivity index (χ3n) is 13.5. The molecule has 0 aliphatic carbocycles. The van der Waals surface area contributed by atoms with Crippen molar-refractivity contribution in [1.29, 1.82) is 0 Å². The molecular weight excluding hydrogens is 916 g/mol. The maximum absolute atomic E-state index is 13.5. The number of likely N-dealkylation sites (N-methyl/N-ethyl adjacent to an activating group) is 1. The van der Waals surface area contributed by atoms with Gasteiger partial charge in [0.1, 0.15) is 19.3 Å². The standard InChI is InChI=1S/C62H117N2O7P/c1-7-10-13-16-19-22-25-28-30-31-32-33-35-37-40-43-46-49-52-55-62(66)71-60(53-50-47-44-41-38-27-24-21-18-15-12-9-3)59(58-70-72(67,68)69-57-56-64(4,5)6)63-61(65)54-51-48-45-42-39-36-34-29-26-23-20-17-14-11-8-2/h19,22,28,30,32-33,50,53,59-60H,7-18,20-21,23-27,29,31,34-49,51-52,54-58H2,1-6H3,(H-,63,65,67,68)/p+1/b22-19-,30-28-,33-32-,53-50+. The molecule has 72 heavy (non-hydrogen) atoms. The lowest BCUT2D eigenvalue weighted by Gasteiger charge is -2.27. The SMILES string of the molecule is CCCCC/C=C\C/C=C\C/C=C\CCCCCCCCC(=O)OC(/C=C/CCCCCCCCCCCC)C(COP(=O)(O)OCC[N+](C)(C)C)NC(=O)CCCCCCCCCCCCCCCCC. The molecule has 0 saturated heterocycles. The van der Waals surface area contributed by atoms with E-state index in [1.807, 2.05) is 33.3 Å². The molecule has 9 nitrogen and oxygen atoms in total. The molecule has 2 N–H and O–H groups in total. The Morgan fingerprint density at radius 2 is 0.847 bits per heavy atom. The molecule has 3 unspecified atom stereocenters. The van der Waals surface area contributed by atoms with E-state index in [0.717, 1.165) is 83.5 Å². The number of nitrogens with zero attached hydrogens (tertiary/aromatic N) is 1. The molecule has 0 rings (SSSR count). The van der Waals surface area contributed by atoms with E-state index < -0.39 is 20.0 Å². The van der Waals surface area contributed by atoms with Gasteiger partial charge in [-0.05, 0) is 70.3 Å². The molecule has 3 atom stereocenters. The molecule has 0 bridgehead atoms. The van der Waals surface area contributed by atoms with Crippen LogP contribution >= 0.6 is 7.82 Å². The summed E-state index contributed by atoms with van der Waals surface area (Å²) in [6.07, 6.45) is 63.8. The minimum Gasteiger partial charge on any atom is -0.456 e. The van der Waals surface area contributed by atoms with Gasteiger partial charge in [-0.3, -0.25) is 18.6 Å². The maximum Gasteiger partial charge on any atom is 0.472 e. The minimum atomic E-state index is -4.45. The highest BCUT2D eigenvalue weighted by Gasteiger charge is 2.30. The van der Waals surface area contributed by atoms with E-state index in [1.54, 1.807) is 0 Å². The van der Waals surface area contributed by atoms with Crippen LogP contribution < -0.4 is 5.32 Å². The van der Waals surface area contributed by atoms with E-state index in [-0.39, 0.29) is 31.5 Å². The van der Waals surface area contributed by atoms with E-state index in [4.69, 9.17) is 13.8 Å². The summed E-state index contributed by atoms with van der Waals surface area (Å²) < 4.78 is 30.7. The predicted octanol–water partition coefficient (Wildman–Crippen LogP) is 18.5. The molecule has 0 spiro atoms. The molecule has 0 aromatic heterocycles. The highest BCUT2D eigenvalue weighted by atomic mass is 31.2. The van der Waals surface area contributed by atoms with E-state index in [2.05, 4.69) is 62.5 Å². The molecule has 0 aromatic rings. The molecule has 10 heteroatoms. The van der Waals surface area contributed by atoms with Crippen molar-refractivity contribution in [3.8, 4) is 0 Å². The zero-order valence-electron chi connectivity index (χ0n) is 48.2. The highest BCUT2D eigenvalue weighted by Crippen LogP contribution is 2.43. The van der Waals surface area contributed by atoms with Gasteiger partial charge in [0.2, 0.25) is 5.91 Å². The number of quaternary nitrogens is 1. The van der Waals surface area contributed by atoms with E-state index >= 15 is 0 Å². The molecular formula is C62H118N2O7P+. The van der Waals surface area contributed by atoms with Gasteiger partial charge >= 0.3 is 13.8 Å². The summed E-state index contributed by atoms with van der Waals surface area (Å²) in [5.41, 5.74) is 0. The number of ether oxygens (including phenoxy) is 1. The number of carbonyl (C=O) groups is 2. The maximum atomic E-state index is 13.5. The molecule has 0 radical (unpaired) electrons. The van der Waals surface area contributed by atoms with Gasteiger partial charge < -0.3 is 19.4 Å². The second kappa shape index (κ2) is 52.4. The summed E-state index contributed by atoms with van der Waals surface area (Å²) in [7, 11) is 1.49. The van der Waals surface area contributed by atoms with Crippen molar-refractivity contribution in [2.24, 2.45) is 0 Å². The lowest BCUT2D eigenvalue weighted by molar-refractivity contribution is -0.870. The van der Waals surface area contributed by atoms with Crippen molar-refractivity contribution < 1.29 is 37.3 Å². The average molecular weight is 1030 g/mol. The fourth-order valence-corrected chi connectivity index (χ4v) is 9.51. The topological polar surface area (TPSA) is 111 Å². The Bertz CT molecular complexity index is 1380. The highest BCUT2D eigenvalue weighted by molar-refractivity contribution is 7.47. The average Bonchev–Trinajstić information content (AvgIpc) is 3.34. The number of amides is 1. The molecule has 0 aliphatic rings.